The van der Waals surface area contributed by atoms with Gasteiger partial charge in [-0.1, -0.05) is 0 Å². The summed E-state index contributed by atoms with van der Waals surface area (Å²) in [5, 5.41) is 13.2. The number of primary amides is 1. The number of carbonyl (C=O) groups is 4. The molecule has 0 spiro atoms. The lowest BCUT2D eigenvalue weighted by molar-refractivity contribution is -0.143. The van der Waals surface area contributed by atoms with Crippen molar-refractivity contribution in [2.24, 2.45) is 11.5 Å². The first kappa shape index (κ1) is 18.1. The number of nitrogens with two attached hydrogens (primary N) is 2. The van der Waals surface area contributed by atoms with Crippen LogP contribution >= 0.6 is 0 Å². The molecule has 0 saturated carbocycles. The van der Waals surface area contributed by atoms with E-state index in [-0.39, 0.29) is 6.42 Å². The van der Waals surface area contributed by atoms with Crippen LogP contribution in [0.25, 0.3) is 0 Å². The van der Waals surface area contributed by atoms with Gasteiger partial charge in [0.25, 0.3) is 0 Å². The second-order valence-corrected chi connectivity index (χ2v) is 4.73. The highest BCUT2D eigenvalue weighted by molar-refractivity contribution is 5.91. The van der Waals surface area contributed by atoms with E-state index in [0.717, 1.165) is 0 Å². The number of hydrogen-bond donors (Lipinski definition) is 6. The Morgan fingerprint density at radius 1 is 1.35 bits per heavy atom. The van der Waals surface area contributed by atoms with Crippen molar-refractivity contribution in [3.8, 4) is 0 Å². The minimum absolute atomic E-state index is 0.201. The number of nitrogens with zero attached hydrogens (tertiary/aromatic N) is 1. The van der Waals surface area contributed by atoms with E-state index in [4.69, 9.17) is 16.6 Å². The van der Waals surface area contributed by atoms with E-state index >= 15 is 0 Å². The minimum Gasteiger partial charge on any atom is -0.480 e. The highest BCUT2D eigenvalue weighted by Crippen LogP contribution is 1.96. The molecule has 23 heavy (non-hydrogen) atoms. The summed E-state index contributed by atoms with van der Waals surface area (Å²) in [6.45, 7) is -0.474. The first-order valence-electron chi connectivity index (χ1n) is 6.60. The van der Waals surface area contributed by atoms with Crippen LogP contribution in [-0.4, -0.2) is 57.4 Å². The first-order valence-corrected chi connectivity index (χ1v) is 6.60. The molecular weight excluding hydrogens is 308 g/mol. The number of amides is 3. The van der Waals surface area contributed by atoms with Crippen molar-refractivity contribution < 1.29 is 24.3 Å². The van der Waals surface area contributed by atoms with Crippen molar-refractivity contribution in [2.45, 2.75) is 24.9 Å². The number of aromatic amines is 1. The van der Waals surface area contributed by atoms with Crippen LogP contribution < -0.4 is 22.1 Å². The van der Waals surface area contributed by atoms with Gasteiger partial charge in [-0.15, -0.1) is 0 Å². The van der Waals surface area contributed by atoms with Crippen LogP contribution in [0.5, 0.6) is 0 Å². The van der Waals surface area contributed by atoms with Crippen LogP contribution in [0.4, 0.5) is 0 Å². The molecule has 0 radical (unpaired) electrons. The predicted molar refractivity (Wildman–Crippen MR) is 76.7 cm³/mol. The monoisotopic (exact) mass is 326 g/mol. The molecule has 1 aromatic heterocycles. The molecule has 0 aromatic carbocycles. The van der Waals surface area contributed by atoms with E-state index < -0.39 is 48.7 Å². The van der Waals surface area contributed by atoms with Gasteiger partial charge < -0.3 is 32.2 Å². The normalized spacial score (nSPS) is 12.9. The quantitative estimate of drug-likeness (QED) is 0.275. The third kappa shape index (κ3) is 6.56. The van der Waals surface area contributed by atoms with E-state index in [1.165, 1.54) is 12.5 Å². The number of rotatable bonds is 9. The number of hydrogen-bond acceptors (Lipinski definition) is 6. The molecule has 11 nitrogen and oxygen atoms in total. The van der Waals surface area contributed by atoms with E-state index in [0.29, 0.717) is 5.69 Å². The van der Waals surface area contributed by atoms with Gasteiger partial charge in [0.05, 0.1) is 25.3 Å². The van der Waals surface area contributed by atoms with Crippen LogP contribution in [-0.2, 0) is 25.6 Å². The second-order valence-electron chi connectivity index (χ2n) is 4.73. The summed E-state index contributed by atoms with van der Waals surface area (Å²) in [4.78, 5) is 51.5. The summed E-state index contributed by atoms with van der Waals surface area (Å²) in [5.74, 6) is -3.64. The van der Waals surface area contributed by atoms with Crippen LogP contribution in [0.15, 0.2) is 12.5 Å². The van der Waals surface area contributed by atoms with Crippen molar-refractivity contribution in [3.05, 3.63) is 18.2 Å². The molecule has 2 unspecified atom stereocenters. The number of nitrogens with one attached hydrogen (secondary N) is 3. The van der Waals surface area contributed by atoms with Crippen molar-refractivity contribution >= 4 is 23.7 Å². The zero-order valence-corrected chi connectivity index (χ0v) is 12.1. The van der Waals surface area contributed by atoms with Crippen LogP contribution in [0.1, 0.15) is 12.1 Å². The van der Waals surface area contributed by atoms with Gasteiger partial charge in [-0.3, -0.25) is 14.4 Å². The smallest absolute Gasteiger partial charge is 0.326 e. The van der Waals surface area contributed by atoms with Gasteiger partial charge in [0.1, 0.15) is 6.04 Å². The molecule has 8 N–H and O–H groups in total. The van der Waals surface area contributed by atoms with Gasteiger partial charge in [-0.25, -0.2) is 9.78 Å². The van der Waals surface area contributed by atoms with Gasteiger partial charge in [0.15, 0.2) is 0 Å². The largest absolute Gasteiger partial charge is 0.480 e. The van der Waals surface area contributed by atoms with Crippen LogP contribution in [0, 0.1) is 0 Å². The summed E-state index contributed by atoms with van der Waals surface area (Å²) >= 11 is 0. The summed E-state index contributed by atoms with van der Waals surface area (Å²) < 4.78 is 0. The molecule has 0 aliphatic rings. The molecule has 1 rings (SSSR count). The molecular formula is C12H18N6O5. The number of aromatic nitrogens is 2. The van der Waals surface area contributed by atoms with Gasteiger partial charge in [-0.05, 0) is 0 Å². The van der Waals surface area contributed by atoms with Gasteiger partial charge >= 0.3 is 5.97 Å². The van der Waals surface area contributed by atoms with E-state index in [9.17, 15) is 19.2 Å². The number of carboxylic acid groups (broad SMARTS) is 1. The zero-order valence-electron chi connectivity index (χ0n) is 12.1. The molecule has 0 saturated heterocycles. The highest BCUT2D eigenvalue weighted by Gasteiger charge is 2.22. The topological polar surface area (TPSA) is 193 Å². The molecule has 1 aromatic rings. The number of H-pyrrole nitrogens is 1. The lowest BCUT2D eigenvalue weighted by atomic mass is 10.1. The average molecular weight is 326 g/mol. The van der Waals surface area contributed by atoms with Crippen LogP contribution in [0.3, 0.4) is 0 Å². The fraction of sp³-hybridized carbons (Fsp3) is 0.417. The summed E-state index contributed by atoms with van der Waals surface area (Å²) in [5.41, 5.74) is 11.2. The van der Waals surface area contributed by atoms with E-state index in [2.05, 4.69) is 20.6 Å². The predicted octanol–water partition coefficient (Wildman–Crippen LogP) is -3.16. The molecule has 2 atom stereocenters. The van der Waals surface area contributed by atoms with Crippen molar-refractivity contribution in [3.63, 3.8) is 0 Å². The summed E-state index contributed by atoms with van der Waals surface area (Å²) in [7, 11) is 0. The van der Waals surface area contributed by atoms with Crippen molar-refractivity contribution in [1.82, 2.24) is 20.6 Å². The molecule has 126 valence electrons. The number of carboxylic acids is 1. The fourth-order valence-corrected chi connectivity index (χ4v) is 1.67. The lowest BCUT2D eigenvalue weighted by Gasteiger charge is -2.14. The fourth-order valence-electron chi connectivity index (χ4n) is 1.67. The lowest BCUT2D eigenvalue weighted by Crippen LogP contribution is -2.49. The Bertz CT molecular complexity index is 573. The second kappa shape index (κ2) is 8.48. The minimum atomic E-state index is -1.45. The Morgan fingerprint density at radius 3 is 2.57 bits per heavy atom. The average Bonchev–Trinajstić information content (AvgIpc) is 2.96. The Labute approximate surface area is 130 Å². The number of aliphatic carboxylic acids is 1. The van der Waals surface area contributed by atoms with Crippen LogP contribution in [0.2, 0.25) is 0 Å². The standard InChI is InChI=1S/C12H18N6O5/c13-7(1-6-3-15-5-17-6)11(21)16-4-10(20)18-8(12(22)23)2-9(14)19/h3,5,7-8H,1-2,4,13H2,(H2,14,19)(H,15,17)(H,16,21)(H,18,20)(H,22,23). The molecule has 1 heterocycles. The number of carbonyl (C=O) groups excluding carboxylic acids is 3. The summed E-state index contributed by atoms with van der Waals surface area (Å²) in [6, 6.07) is -2.35. The molecule has 0 aliphatic heterocycles. The van der Waals surface area contributed by atoms with Crippen molar-refractivity contribution in [2.75, 3.05) is 6.54 Å². The van der Waals surface area contributed by atoms with E-state index in [1.54, 1.807) is 0 Å². The third-order valence-corrected chi connectivity index (χ3v) is 2.79. The summed E-state index contributed by atoms with van der Waals surface area (Å²) in [6.07, 6.45) is 2.61. The maximum atomic E-state index is 11.7. The maximum Gasteiger partial charge on any atom is 0.326 e. The Kier molecular flexibility index (Phi) is 6.68. The Morgan fingerprint density at radius 2 is 2.04 bits per heavy atom. The zero-order chi connectivity index (χ0) is 17.4. The number of imidazole rings is 1. The molecule has 11 heteroatoms. The first-order chi connectivity index (χ1) is 10.8. The molecule has 0 bridgehead atoms. The Balaban J connectivity index is 2.40. The SMILES string of the molecule is NC(=O)CC(NC(=O)CNC(=O)C(N)Cc1cnc[nH]1)C(=O)O. The Hall–Kier alpha value is -2.95. The van der Waals surface area contributed by atoms with Gasteiger partial charge in [-0.2, -0.15) is 0 Å². The van der Waals surface area contributed by atoms with E-state index in [1.807, 2.05) is 0 Å². The highest BCUT2D eigenvalue weighted by atomic mass is 16.4. The molecule has 0 aliphatic carbocycles. The third-order valence-electron chi connectivity index (χ3n) is 2.79. The van der Waals surface area contributed by atoms with Gasteiger partial charge in [0.2, 0.25) is 17.7 Å². The van der Waals surface area contributed by atoms with Gasteiger partial charge in [0, 0.05) is 18.3 Å². The maximum absolute atomic E-state index is 11.7. The molecule has 3 amide bonds. The molecule has 0 fully saturated rings. The van der Waals surface area contributed by atoms with Crippen molar-refractivity contribution in [1.29, 1.82) is 0 Å².